The van der Waals surface area contributed by atoms with Crippen molar-refractivity contribution in [2.75, 3.05) is 6.54 Å². The number of amides is 1. The van der Waals surface area contributed by atoms with E-state index < -0.39 is 0 Å². The van der Waals surface area contributed by atoms with Gasteiger partial charge in [0.1, 0.15) is 5.82 Å². The molecule has 0 spiro atoms. The maximum Gasteiger partial charge on any atom is 0.230 e. The summed E-state index contributed by atoms with van der Waals surface area (Å²) in [6.07, 6.45) is 3.26. The molecule has 1 unspecified atom stereocenters. The van der Waals surface area contributed by atoms with Gasteiger partial charge in [-0.2, -0.15) is 0 Å². The fourth-order valence-electron chi connectivity index (χ4n) is 3.70. The van der Waals surface area contributed by atoms with Gasteiger partial charge in [0.05, 0.1) is 11.6 Å². The predicted molar refractivity (Wildman–Crippen MR) is 106 cm³/mol. The Labute approximate surface area is 164 Å². The molecule has 0 bridgehead atoms. The van der Waals surface area contributed by atoms with Crippen LogP contribution in [0.15, 0.2) is 60.8 Å². The summed E-state index contributed by atoms with van der Waals surface area (Å²) < 4.78 is 13.1. The summed E-state index contributed by atoms with van der Waals surface area (Å²) in [5.74, 6) is 0.345. The highest BCUT2D eigenvalue weighted by atomic mass is 19.1. The van der Waals surface area contributed by atoms with E-state index in [0.29, 0.717) is 25.3 Å². The highest BCUT2D eigenvalue weighted by Crippen LogP contribution is 2.26. The Balaban J connectivity index is 1.53. The van der Waals surface area contributed by atoms with Crippen LogP contribution in [-0.2, 0) is 17.8 Å². The van der Waals surface area contributed by atoms with Gasteiger partial charge in [-0.1, -0.05) is 37.3 Å². The molecule has 142 valence electrons. The normalized spacial score (nSPS) is 14.4. The van der Waals surface area contributed by atoms with Crippen LogP contribution in [0.1, 0.15) is 36.1 Å². The van der Waals surface area contributed by atoms with Gasteiger partial charge in [0.25, 0.3) is 0 Å². The Hall–Kier alpha value is -3.08. The fraction of sp³-hybridized carbons (Fsp3) is 0.261. The zero-order chi connectivity index (χ0) is 19.5. The Morgan fingerprint density at radius 1 is 1.14 bits per heavy atom. The summed E-state index contributed by atoms with van der Waals surface area (Å²) in [4.78, 5) is 24.1. The average molecular weight is 375 g/mol. The average Bonchev–Trinajstić information content (AvgIpc) is 2.75. The largest absolute Gasteiger partial charge is 0.337 e. The predicted octanol–water partition coefficient (Wildman–Crippen LogP) is 4.36. The van der Waals surface area contributed by atoms with Crippen molar-refractivity contribution in [1.29, 1.82) is 0 Å². The number of rotatable bonds is 4. The van der Waals surface area contributed by atoms with Crippen LogP contribution in [-0.4, -0.2) is 27.3 Å². The molecule has 2 aromatic carbocycles. The molecule has 0 N–H and O–H groups in total. The van der Waals surface area contributed by atoms with Crippen LogP contribution in [0.25, 0.3) is 11.4 Å². The number of hydrogen-bond acceptors (Lipinski definition) is 3. The second-order valence-electron chi connectivity index (χ2n) is 7.05. The van der Waals surface area contributed by atoms with Crippen molar-refractivity contribution in [2.24, 2.45) is 0 Å². The summed E-state index contributed by atoms with van der Waals surface area (Å²) in [6, 6.07) is 16.1. The van der Waals surface area contributed by atoms with Crippen LogP contribution >= 0.6 is 0 Å². The highest BCUT2D eigenvalue weighted by Gasteiger charge is 2.28. The Morgan fingerprint density at radius 2 is 1.89 bits per heavy atom. The number of carbonyl (C=O) groups is 1. The third kappa shape index (κ3) is 3.65. The monoisotopic (exact) mass is 375 g/mol. The minimum atomic E-state index is -0.278. The van der Waals surface area contributed by atoms with Crippen molar-refractivity contribution in [3.05, 3.63) is 83.4 Å². The topological polar surface area (TPSA) is 46.1 Å². The van der Waals surface area contributed by atoms with Crippen LogP contribution in [0.5, 0.6) is 0 Å². The van der Waals surface area contributed by atoms with E-state index in [-0.39, 0.29) is 17.6 Å². The molecule has 1 aliphatic rings. The van der Waals surface area contributed by atoms with Gasteiger partial charge < -0.3 is 4.90 Å². The SMILES string of the molecule is CCC(C(=O)N1CCc2nc(-c3ccc(F)cc3)ncc2C1)c1ccccc1. The van der Waals surface area contributed by atoms with Crippen molar-refractivity contribution < 1.29 is 9.18 Å². The molecule has 1 aromatic heterocycles. The van der Waals surface area contributed by atoms with E-state index in [2.05, 4.69) is 9.97 Å². The van der Waals surface area contributed by atoms with Crippen LogP contribution in [0.2, 0.25) is 0 Å². The van der Waals surface area contributed by atoms with E-state index in [1.807, 2.05) is 42.2 Å². The highest BCUT2D eigenvalue weighted by molar-refractivity contribution is 5.84. The van der Waals surface area contributed by atoms with E-state index >= 15 is 0 Å². The number of fused-ring (bicyclic) bond motifs is 1. The van der Waals surface area contributed by atoms with Crippen molar-refractivity contribution in [3.63, 3.8) is 0 Å². The molecule has 0 radical (unpaired) electrons. The van der Waals surface area contributed by atoms with Crippen LogP contribution in [0.4, 0.5) is 4.39 Å². The van der Waals surface area contributed by atoms with Gasteiger partial charge in [-0.05, 0) is 36.2 Å². The van der Waals surface area contributed by atoms with Gasteiger partial charge in [-0.25, -0.2) is 14.4 Å². The van der Waals surface area contributed by atoms with Gasteiger partial charge in [-0.15, -0.1) is 0 Å². The van der Waals surface area contributed by atoms with Gasteiger partial charge >= 0.3 is 0 Å². The van der Waals surface area contributed by atoms with Crippen LogP contribution in [0, 0.1) is 5.82 Å². The third-order valence-corrected chi connectivity index (χ3v) is 5.26. The van der Waals surface area contributed by atoms with Gasteiger partial charge in [0, 0.05) is 36.8 Å². The fourth-order valence-corrected chi connectivity index (χ4v) is 3.70. The number of nitrogens with zero attached hydrogens (tertiary/aromatic N) is 3. The van der Waals surface area contributed by atoms with Crippen LogP contribution in [0.3, 0.4) is 0 Å². The number of benzene rings is 2. The van der Waals surface area contributed by atoms with Gasteiger partial charge in [0.15, 0.2) is 5.82 Å². The number of hydrogen-bond donors (Lipinski definition) is 0. The lowest BCUT2D eigenvalue weighted by atomic mass is 9.94. The van der Waals surface area contributed by atoms with Crippen LogP contribution < -0.4 is 0 Å². The maximum absolute atomic E-state index is 13.1. The third-order valence-electron chi connectivity index (χ3n) is 5.26. The Bertz CT molecular complexity index is 973. The summed E-state index contributed by atoms with van der Waals surface area (Å²) in [7, 11) is 0. The number of carbonyl (C=O) groups excluding carboxylic acids is 1. The first kappa shape index (κ1) is 18.3. The van der Waals surface area contributed by atoms with Crippen molar-refractivity contribution in [3.8, 4) is 11.4 Å². The Kier molecular flexibility index (Phi) is 5.15. The lowest BCUT2D eigenvalue weighted by Crippen LogP contribution is -2.39. The van der Waals surface area contributed by atoms with Gasteiger partial charge in [-0.3, -0.25) is 4.79 Å². The molecule has 1 amide bonds. The van der Waals surface area contributed by atoms with E-state index in [4.69, 9.17) is 0 Å². The summed E-state index contributed by atoms with van der Waals surface area (Å²) >= 11 is 0. The van der Waals surface area contributed by atoms with Crippen molar-refractivity contribution in [1.82, 2.24) is 14.9 Å². The molecule has 5 heteroatoms. The zero-order valence-corrected chi connectivity index (χ0v) is 15.8. The van der Waals surface area contributed by atoms with E-state index in [1.54, 1.807) is 18.3 Å². The number of halogens is 1. The van der Waals surface area contributed by atoms with E-state index in [9.17, 15) is 9.18 Å². The molecule has 28 heavy (non-hydrogen) atoms. The van der Waals surface area contributed by atoms with Gasteiger partial charge in [0.2, 0.25) is 5.91 Å². The molecule has 1 atom stereocenters. The lowest BCUT2D eigenvalue weighted by Gasteiger charge is -2.31. The Morgan fingerprint density at radius 3 is 2.61 bits per heavy atom. The second kappa shape index (κ2) is 7.89. The summed E-state index contributed by atoms with van der Waals surface area (Å²) in [5, 5.41) is 0. The van der Waals surface area contributed by atoms with Crippen molar-refractivity contribution >= 4 is 5.91 Å². The molecular formula is C23H22FN3O. The first-order valence-corrected chi connectivity index (χ1v) is 9.60. The van der Waals surface area contributed by atoms with E-state index in [0.717, 1.165) is 28.8 Å². The molecule has 3 aromatic rings. The quantitative estimate of drug-likeness (QED) is 0.681. The second-order valence-corrected chi connectivity index (χ2v) is 7.05. The first-order valence-electron chi connectivity index (χ1n) is 9.60. The standard InChI is InChI=1S/C23H22FN3O/c1-2-20(16-6-4-3-5-7-16)23(28)27-13-12-21-18(15-27)14-25-22(26-21)17-8-10-19(24)11-9-17/h3-11,14,20H,2,12-13,15H2,1H3. The first-order chi connectivity index (χ1) is 13.7. The summed E-state index contributed by atoms with van der Waals surface area (Å²) in [6.45, 7) is 3.22. The smallest absolute Gasteiger partial charge is 0.230 e. The van der Waals surface area contributed by atoms with Crippen molar-refractivity contribution in [2.45, 2.75) is 32.2 Å². The zero-order valence-electron chi connectivity index (χ0n) is 15.8. The van der Waals surface area contributed by atoms with E-state index in [1.165, 1.54) is 12.1 Å². The molecule has 4 nitrogen and oxygen atoms in total. The minimum Gasteiger partial charge on any atom is -0.337 e. The molecule has 2 heterocycles. The lowest BCUT2D eigenvalue weighted by molar-refractivity contribution is -0.133. The molecule has 0 fully saturated rings. The summed E-state index contributed by atoms with van der Waals surface area (Å²) in [5.41, 5.74) is 3.79. The number of aromatic nitrogens is 2. The molecule has 0 saturated carbocycles. The molecule has 1 aliphatic heterocycles. The molecular weight excluding hydrogens is 353 g/mol. The molecule has 0 aliphatic carbocycles. The molecule has 0 saturated heterocycles. The molecule has 4 rings (SSSR count). The minimum absolute atomic E-state index is 0.123. The maximum atomic E-state index is 13.1.